The normalized spacial score (nSPS) is 19.5. The maximum Gasteiger partial charge on any atom is 0.305 e. The van der Waals surface area contributed by atoms with Gasteiger partial charge in [-0.3, -0.25) is 9.69 Å². The van der Waals surface area contributed by atoms with E-state index >= 15 is 0 Å². The quantitative estimate of drug-likeness (QED) is 0.930. The Kier molecular flexibility index (Phi) is 4.50. The van der Waals surface area contributed by atoms with E-state index in [4.69, 9.17) is 0 Å². The summed E-state index contributed by atoms with van der Waals surface area (Å²) in [6, 6.07) is 6.42. The van der Waals surface area contributed by atoms with Crippen LogP contribution in [0.15, 0.2) is 23.0 Å². The lowest BCUT2D eigenvalue weighted by Crippen LogP contribution is -2.33. The van der Waals surface area contributed by atoms with Crippen molar-refractivity contribution < 1.29 is 0 Å². The smallest absolute Gasteiger partial charge is 0.305 e. The highest BCUT2D eigenvalue weighted by Crippen LogP contribution is 2.29. The van der Waals surface area contributed by atoms with E-state index in [9.17, 15) is 4.79 Å². The minimum absolute atomic E-state index is 0.0510. The van der Waals surface area contributed by atoms with Crippen molar-refractivity contribution in [2.24, 2.45) is 5.92 Å². The average molecular weight is 316 g/mol. The van der Waals surface area contributed by atoms with Gasteiger partial charge in [0, 0.05) is 23.5 Å². The number of benzene rings is 1. The molecule has 0 saturated carbocycles. The fourth-order valence-electron chi connectivity index (χ4n) is 3.42. The molecule has 118 valence electrons. The van der Waals surface area contributed by atoms with Gasteiger partial charge >= 0.3 is 4.87 Å². The lowest BCUT2D eigenvalue weighted by atomic mass is 9.99. The second kappa shape index (κ2) is 6.39. The summed E-state index contributed by atoms with van der Waals surface area (Å²) in [5, 5.41) is 0. The number of nitrogens with zero attached hydrogens (tertiary/aromatic N) is 1. The van der Waals surface area contributed by atoms with E-state index in [-0.39, 0.29) is 4.87 Å². The van der Waals surface area contributed by atoms with Gasteiger partial charge in [0.15, 0.2) is 0 Å². The monoisotopic (exact) mass is 316 g/mol. The first-order valence-corrected chi connectivity index (χ1v) is 8.86. The molecule has 0 spiro atoms. The Bertz CT molecular complexity index is 716. The summed E-state index contributed by atoms with van der Waals surface area (Å²) in [6.45, 7) is 9.70. The zero-order chi connectivity index (χ0) is 15.7. The number of hydrogen-bond donors (Lipinski definition) is 1. The van der Waals surface area contributed by atoms with Crippen LogP contribution < -0.4 is 4.87 Å². The summed E-state index contributed by atoms with van der Waals surface area (Å²) >= 11 is 1.36. The summed E-state index contributed by atoms with van der Waals surface area (Å²) in [6.07, 6.45) is 2.59. The molecule has 0 amide bonds. The van der Waals surface area contributed by atoms with Crippen molar-refractivity contribution in [1.29, 1.82) is 0 Å². The standard InChI is InChI=1S/C18H24N2OS/c1-12-6-7-15(14(3)9-12)17-16(22-18(21)19-17)11-20-8-4-5-13(2)10-20/h6-7,9,13H,4-5,8,10-11H2,1-3H3,(H,19,21). The molecule has 3 nitrogen and oxygen atoms in total. The minimum atomic E-state index is 0.0510. The summed E-state index contributed by atoms with van der Waals surface area (Å²) in [7, 11) is 0. The number of nitrogens with one attached hydrogen (secondary N) is 1. The van der Waals surface area contributed by atoms with Gasteiger partial charge in [-0.25, -0.2) is 0 Å². The van der Waals surface area contributed by atoms with Crippen molar-refractivity contribution in [2.45, 2.75) is 40.2 Å². The van der Waals surface area contributed by atoms with E-state index in [1.165, 1.54) is 40.2 Å². The molecule has 0 aliphatic carbocycles. The number of H-pyrrole nitrogens is 1. The third kappa shape index (κ3) is 3.33. The molecule has 1 aliphatic heterocycles. The number of piperidine rings is 1. The Hall–Kier alpha value is -1.39. The van der Waals surface area contributed by atoms with Crippen LogP contribution >= 0.6 is 11.3 Å². The van der Waals surface area contributed by atoms with Gasteiger partial charge in [-0.2, -0.15) is 0 Å². The zero-order valence-corrected chi connectivity index (χ0v) is 14.4. The molecule has 1 N–H and O–H groups in total. The minimum Gasteiger partial charge on any atom is -0.312 e. The predicted octanol–water partition coefficient (Wildman–Crippen LogP) is 3.95. The molecule has 4 heteroatoms. The van der Waals surface area contributed by atoms with Gasteiger partial charge in [-0.05, 0) is 44.7 Å². The molecule has 1 fully saturated rings. The maximum absolute atomic E-state index is 11.9. The number of hydrogen-bond acceptors (Lipinski definition) is 3. The zero-order valence-electron chi connectivity index (χ0n) is 13.6. The van der Waals surface area contributed by atoms with Crippen LogP contribution in [0.2, 0.25) is 0 Å². The highest BCUT2D eigenvalue weighted by molar-refractivity contribution is 7.09. The SMILES string of the molecule is Cc1ccc(-c2[nH]c(=O)sc2CN2CCCC(C)C2)c(C)c1. The van der Waals surface area contributed by atoms with E-state index in [0.717, 1.165) is 36.8 Å². The molecular weight excluding hydrogens is 292 g/mol. The Balaban J connectivity index is 1.91. The van der Waals surface area contributed by atoms with Gasteiger partial charge in [0.2, 0.25) is 0 Å². The third-order valence-electron chi connectivity index (χ3n) is 4.48. The fourth-order valence-corrected chi connectivity index (χ4v) is 4.30. The van der Waals surface area contributed by atoms with Gasteiger partial charge in [-0.15, -0.1) is 0 Å². The molecule has 1 atom stereocenters. The van der Waals surface area contributed by atoms with Crippen molar-refractivity contribution in [3.8, 4) is 11.3 Å². The molecule has 3 rings (SSSR count). The van der Waals surface area contributed by atoms with Crippen LogP contribution in [-0.2, 0) is 6.54 Å². The number of aromatic nitrogens is 1. The molecule has 2 aromatic rings. The van der Waals surface area contributed by atoms with Crippen LogP contribution in [-0.4, -0.2) is 23.0 Å². The number of thiazole rings is 1. The molecule has 1 unspecified atom stereocenters. The van der Waals surface area contributed by atoms with Gasteiger partial charge in [0.25, 0.3) is 0 Å². The summed E-state index contributed by atoms with van der Waals surface area (Å²) in [5.41, 5.74) is 4.65. The second-order valence-electron chi connectivity index (χ2n) is 6.61. The van der Waals surface area contributed by atoms with Crippen molar-refractivity contribution in [2.75, 3.05) is 13.1 Å². The van der Waals surface area contributed by atoms with E-state index in [2.05, 4.69) is 48.9 Å². The molecule has 1 aromatic heterocycles. The number of aromatic amines is 1. The largest absolute Gasteiger partial charge is 0.312 e. The number of rotatable bonds is 3. The first-order chi connectivity index (χ1) is 10.5. The summed E-state index contributed by atoms with van der Waals surface area (Å²) < 4.78 is 0. The van der Waals surface area contributed by atoms with Crippen molar-refractivity contribution in [1.82, 2.24) is 9.88 Å². The van der Waals surface area contributed by atoms with Crippen LogP contribution in [0.3, 0.4) is 0 Å². The van der Waals surface area contributed by atoms with Gasteiger partial charge < -0.3 is 4.98 Å². The topological polar surface area (TPSA) is 36.1 Å². The second-order valence-corrected chi connectivity index (χ2v) is 7.68. The maximum atomic E-state index is 11.9. The third-order valence-corrected chi connectivity index (χ3v) is 5.35. The highest BCUT2D eigenvalue weighted by Gasteiger charge is 2.20. The van der Waals surface area contributed by atoms with E-state index < -0.39 is 0 Å². The predicted molar refractivity (Wildman–Crippen MR) is 93.5 cm³/mol. The Labute approximate surface area is 136 Å². The van der Waals surface area contributed by atoms with Crippen LogP contribution in [0.25, 0.3) is 11.3 Å². The number of aryl methyl sites for hydroxylation is 2. The van der Waals surface area contributed by atoms with Crippen LogP contribution in [0, 0.1) is 19.8 Å². The molecule has 1 aliphatic rings. The Morgan fingerprint density at radius 2 is 2.18 bits per heavy atom. The molecule has 0 radical (unpaired) electrons. The van der Waals surface area contributed by atoms with Crippen LogP contribution in [0.5, 0.6) is 0 Å². The average Bonchev–Trinajstić information content (AvgIpc) is 2.79. The van der Waals surface area contributed by atoms with Crippen molar-refractivity contribution >= 4 is 11.3 Å². The van der Waals surface area contributed by atoms with E-state index in [1.807, 2.05) is 0 Å². The fraction of sp³-hybridized carbons (Fsp3) is 0.500. The Morgan fingerprint density at radius 3 is 2.91 bits per heavy atom. The van der Waals surface area contributed by atoms with Crippen LogP contribution in [0.1, 0.15) is 35.8 Å². The van der Waals surface area contributed by atoms with Gasteiger partial charge in [0.1, 0.15) is 0 Å². The molecule has 1 saturated heterocycles. The lowest BCUT2D eigenvalue weighted by Gasteiger charge is -2.30. The van der Waals surface area contributed by atoms with E-state index in [1.54, 1.807) is 0 Å². The molecule has 0 bridgehead atoms. The first kappa shape index (κ1) is 15.5. The molecule has 1 aromatic carbocycles. The summed E-state index contributed by atoms with van der Waals surface area (Å²) in [5.74, 6) is 0.758. The highest BCUT2D eigenvalue weighted by atomic mass is 32.1. The molecule has 22 heavy (non-hydrogen) atoms. The lowest BCUT2D eigenvalue weighted by molar-refractivity contribution is 0.178. The molecule has 2 heterocycles. The van der Waals surface area contributed by atoms with Crippen LogP contribution in [0.4, 0.5) is 0 Å². The molecular formula is C18H24N2OS. The van der Waals surface area contributed by atoms with Gasteiger partial charge in [0.05, 0.1) is 5.69 Å². The van der Waals surface area contributed by atoms with Crippen molar-refractivity contribution in [3.63, 3.8) is 0 Å². The van der Waals surface area contributed by atoms with E-state index in [0.29, 0.717) is 0 Å². The summed E-state index contributed by atoms with van der Waals surface area (Å²) in [4.78, 5) is 18.7. The van der Waals surface area contributed by atoms with Crippen molar-refractivity contribution in [3.05, 3.63) is 43.9 Å². The number of likely N-dealkylation sites (tertiary alicyclic amines) is 1. The van der Waals surface area contributed by atoms with Gasteiger partial charge in [-0.1, -0.05) is 42.0 Å². The Morgan fingerprint density at radius 1 is 1.36 bits per heavy atom. The first-order valence-electron chi connectivity index (χ1n) is 8.05.